The minimum absolute atomic E-state index is 0.310. The zero-order chi connectivity index (χ0) is 20.9. The Labute approximate surface area is 165 Å². The summed E-state index contributed by atoms with van der Waals surface area (Å²) in [5.74, 6) is -0.310. The summed E-state index contributed by atoms with van der Waals surface area (Å²) in [6.45, 7) is 2.05. The van der Waals surface area contributed by atoms with Crippen molar-refractivity contribution < 1.29 is 22.7 Å². The minimum atomic E-state index is -4.74. The maximum absolute atomic E-state index is 12.2. The van der Waals surface area contributed by atoms with Crippen molar-refractivity contribution in [2.24, 2.45) is 0 Å². The molecular weight excluding hydrogens is 385 g/mol. The number of halogens is 3. The van der Waals surface area contributed by atoms with Gasteiger partial charge in [0.15, 0.2) is 0 Å². The summed E-state index contributed by atoms with van der Waals surface area (Å²) in [7, 11) is 0. The fourth-order valence-electron chi connectivity index (χ4n) is 2.70. The Balaban J connectivity index is 1.52. The quantitative estimate of drug-likeness (QED) is 0.643. The summed E-state index contributed by atoms with van der Waals surface area (Å²) in [6.07, 6.45) is -1.23. The Morgan fingerprint density at radius 3 is 2.59 bits per heavy atom. The third-order valence-electron chi connectivity index (χ3n) is 4.09. The van der Waals surface area contributed by atoms with Crippen LogP contribution in [0.25, 0.3) is 5.69 Å². The Morgan fingerprint density at radius 1 is 1.17 bits per heavy atom. The molecule has 3 rings (SSSR count). The third-order valence-corrected chi connectivity index (χ3v) is 4.09. The van der Waals surface area contributed by atoms with Gasteiger partial charge in [0.05, 0.1) is 11.7 Å². The third kappa shape index (κ3) is 6.00. The Bertz CT molecular complexity index is 941. The highest BCUT2D eigenvalue weighted by Crippen LogP contribution is 2.24. The van der Waals surface area contributed by atoms with Gasteiger partial charge >= 0.3 is 12.4 Å². The lowest BCUT2D eigenvalue weighted by atomic mass is 10.1. The van der Waals surface area contributed by atoms with Crippen LogP contribution in [0, 0.1) is 0 Å². The molecule has 0 radical (unpaired) electrons. The first kappa shape index (κ1) is 20.2. The average Bonchev–Trinajstić information content (AvgIpc) is 3.21. The van der Waals surface area contributed by atoms with Crippen LogP contribution in [-0.2, 0) is 6.54 Å². The summed E-state index contributed by atoms with van der Waals surface area (Å²) in [5.41, 5.74) is 2.43. The van der Waals surface area contributed by atoms with Gasteiger partial charge in [-0.05, 0) is 48.4 Å². The number of amides is 2. The van der Waals surface area contributed by atoms with Gasteiger partial charge in [-0.15, -0.1) is 13.2 Å². The summed E-state index contributed by atoms with van der Waals surface area (Å²) in [5, 5.41) is 9.67. The molecule has 0 bridgehead atoms. The number of hydrogen-bond donors (Lipinski definition) is 2. The average molecular weight is 404 g/mol. The van der Waals surface area contributed by atoms with E-state index >= 15 is 0 Å². The SMILES string of the molecule is CC(NC(=O)NCc1cccc(-n2cccn2)c1)c1ccc(OC(F)(F)F)cc1. The molecule has 1 aromatic heterocycles. The largest absolute Gasteiger partial charge is 0.573 e. The molecule has 1 heterocycles. The standard InChI is InChI=1S/C20H19F3N4O2/c1-14(16-6-8-18(9-7-16)29-20(21,22)23)26-19(28)24-13-15-4-2-5-17(12-15)27-11-3-10-25-27/h2-12,14H,13H2,1H3,(H2,24,26,28). The molecule has 0 saturated carbocycles. The molecule has 0 saturated heterocycles. The van der Waals surface area contributed by atoms with E-state index in [1.54, 1.807) is 17.8 Å². The fourth-order valence-corrected chi connectivity index (χ4v) is 2.70. The highest BCUT2D eigenvalue weighted by atomic mass is 19.4. The molecule has 29 heavy (non-hydrogen) atoms. The summed E-state index contributed by atoms with van der Waals surface area (Å²) < 4.78 is 42.2. The molecular formula is C20H19F3N4O2. The van der Waals surface area contributed by atoms with Gasteiger partial charge < -0.3 is 15.4 Å². The summed E-state index contributed by atoms with van der Waals surface area (Å²) >= 11 is 0. The maximum atomic E-state index is 12.2. The smallest absolute Gasteiger partial charge is 0.406 e. The topological polar surface area (TPSA) is 68.2 Å². The molecule has 9 heteroatoms. The van der Waals surface area contributed by atoms with E-state index in [4.69, 9.17) is 0 Å². The highest BCUT2D eigenvalue weighted by Gasteiger charge is 2.31. The first-order valence-corrected chi connectivity index (χ1v) is 8.79. The van der Waals surface area contributed by atoms with Crippen LogP contribution in [-0.4, -0.2) is 22.2 Å². The zero-order valence-electron chi connectivity index (χ0n) is 15.5. The van der Waals surface area contributed by atoms with Gasteiger partial charge in [-0.2, -0.15) is 5.10 Å². The lowest BCUT2D eigenvalue weighted by Crippen LogP contribution is -2.36. The van der Waals surface area contributed by atoms with E-state index in [1.165, 1.54) is 24.3 Å². The van der Waals surface area contributed by atoms with Gasteiger partial charge in [0.2, 0.25) is 0 Å². The predicted molar refractivity (Wildman–Crippen MR) is 100 cm³/mol. The molecule has 2 N–H and O–H groups in total. The van der Waals surface area contributed by atoms with Crippen molar-refractivity contribution in [2.45, 2.75) is 25.9 Å². The van der Waals surface area contributed by atoms with E-state index in [0.29, 0.717) is 12.1 Å². The number of carbonyl (C=O) groups excluding carboxylic acids is 1. The van der Waals surface area contributed by atoms with Crippen LogP contribution in [0.15, 0.2) is 67.0 Å². The second-order valence-corrected chi connectivity index (χ2v) is 6.29. The van der Waals surface area contributed by atoms with Crippen LogP contribution in [0.4, 0.5) is 18.0 Å². The Kier molecular flexibility index (Phi) is 6.06. The van der Waals surface area contributed by atoms with Gasteiger partial charge in [-0.3, -0.25) is 0 Å². The number of nitrogens with zero attached hydrogens (tertiary/aromatic N) is 2. The van der Waals surface area contributed by atoms with Gasteiger partial charge in [-0.25, -0.2) is 9.48 Å². The van der Waals surface area contributed by atoms with Crippen LogP contribution in [0.1, 0.15) is 24.1 Å². The van der Waals surface area contributed by atoms with E-state index in [2.05, 4.69) is 20.5 Å². The van der Waals surface area contributed by atoms with Gasteiger partial charge in [0.1, 0.15) is 5.75 Å². The lowest BCUT2D eigenvalue weighted by Gasteiger charge is -2.16. The van der Waals surface area contributed by atoms with Crippen molar-refractivity contribution in [3.8, 4) is 11.4 Å². The molecule has 152 valence electrons. The number of nitrogens with one attached hydrogen (secondary N) is 2. The number of benzene rings is 2. The number of aromatic nitrogens is 2. The normalized spacial score (nSPS) is 12.3. The zero-order valence-corrected chi connectivity index (χ0v) is 15.5. The first-order valence-electron chi connectivity index (χ1n) is 8.79. The van der Waals surface area contributed by atoms with Crippen LogP contribution in [0.3, 0.4) is 0 Å². The van der Waals surface area contributed by atoms with Crippen LogP contribution >= 0.6 is 0 Å². The number of carbonyl (C=O) groups is 1. The number of ether oxygens (including phenoxy) is 1. The summed E-state index contributed by atoms with van der Waals surface area (Å²) in [4.78, 5) is 12.2. The van der Waals surface area contributed by atoms with E-state index in [1.807, 2.05) is 36.5 Å². The van der Waals surface area contributed by atoms with Crippen molar-refractivity contribution in [1.29, 1.82) is 0 Å². The molecule has 1 atom stereocenters. The van der Waals surface area contributed by atoms with Crippen molar-refractivity contribution >= 4 is 6.03 Å². The molecule has 2 amide bonds. The first-order chi connectivity index (χ1) is 13.8. The van der Waals surface area contributed by atoms with E-state index in [9.17, 15) is 18.0 Å². The number of alkyl halides is 3. The van der Waals surface area contributed by atoms with Gasteiger partial charge in [0, 0.05) is 18.9 Å². The van der Waals surface area contributed by atoms with Crippen LogP contribution in [0.2, 0.25) is 0 Å². The fraction of sp³-hybridized carbons (Fsp3) is 0.200. The van der Waals surface area contributed by atoms with Crippen molar-refractivity contribution in [2.75, 3.05) is 0 Å². The molecule has 0 aliphatic heterocycles. The molecule has 0 fully saturated rings. The molecule has 1 unspecified atom stereocenters. The highest BCUT2D eigenvalue weighted by molar-refractivity contribution is 5.74. The van der Waals surface area contributed by atoms with Gasteiger partial charge in [0.25, 0.3) is 0 Å². The minimum Gasteiger partial charge on any atom is -0.406 e. The monoisotopic (exact) mass is 404 g/mol. The predicted octanol–water partition coefficient (Wildman–Crippen LogP) is 4.33. The molecule has 0 aliphatic rings. The maximum Gasteiger partial charge on any atom is 0.573 e. The second kappa shape index (κ2) is 8.68. The van der Waals surface area contributed by atoms with Crippen molar-refractivity contribution in [3.05, 3.63) is 78.1 Å². The van der Waals surface area contributed by atoms with Crippen LogP contribution in [0.5, 0.6) is 5.75 Å². The Morgan fingerprint density at radius 2 is 1.93 bits per heavy atom. The molecule has 0 aliphatic carbocycles. The second-order valence-electron chi connectivity index (χ2n) is 6.29. The van der Waals surface area contributed by atoms with Crippen molar-refractivity contribution in [3.63, 3.8) is 0 Å². The number of urea groups is 1. The Hall–Kier alpha value is -3.49. The lowest BCUT2D eigenvalue weighted by molar-refractivity contribution is -0.274. The number of rotatable bonds is 6. The van der Waals surface area contributed by atoms with E-state index < -0.39 is 18.4 Å². The molecule has 2 aromatic carbocycles. The van der Waals surface area contributed by atoms with Crippen molar-refractivity contribution in [1.82, 2.24) is 20.4 Å². The molecule has 3 aromatic rings. The van der Waals surface area contributed by atoms with E-state index in [-0.39, 0.29) is 5.75 Å². The van der Waals surface area contributed by atoms with Gasteiger partial charge in [-0.1, -0.05) is 24.3 Å². The summed E-state index contributed by atoms with van der Waals surface area (Å²) in [6, 6.07) is 14.0. The number of hydrogen-bond acceptors (Lipinski definition) is 3. The molecule has 6 nitrogen and oxygen atoms in total. The van der Waals surface area contributed by atoms with E-state index in [0.717, 1.165) is 11.3 Å². The van der Waals surface area contributed by atoms with Crippen LogP contribution < -0.4 is 15.4 Å². The molecule has 0 spiro atoms.